The van der Waals surface area contributed by atoms with Crippen molar-refractivity contribution in [3.8, 4) is 5.75 Å². The number of benzene rings is 1. The third-order valence-corrected chi connectivity index (χ3v) is 4.31. The SMILES string of the molecule is CCOC(=O)CCC(=O)N(Cc1ccc(OS(C)(=O)=O)cc1)[C@@H](C)CC. The zero-order valence-corrected chi connectivity index (χ0v) is 16.5. The van der Waals surface area contributed by atoms with E-state index in [2.05, 4.69) is 0 Å². The Bertz CT molecular complexity index is 699. The Morgan fingerprint density at radius 1 is 1.12 bits per heavy atom. The normalized spacial score (nSPS) is 12.3. The molecular weight excluding hydrogens is 358 g/mol. The third kappa shape index (κ3) is 7.86. The molecule has 0 aliphatic carbocycles. The van der Waals surface area contributed by atoms with E-state index < -0.39 is 10.1 Å². The molecule has 0 saturated carbocycles. The fourth-order valence-electron chi connectivity index (χ4n) is 2.32. The number of rotatable bonds is 10. The summed E-state index contributed by atoms with van der Waals surface area (Å²) in [4.78, 5) is 25.7. The van der Waals surface area contributed by atoms with Gasteiger partial charge in [0.2, 0.25) is 5.91 Å². The van der Waals surface area contributed by atoms with Gasteiger partial charge in [-0.2, -0.15) is 8.42 Å². The van der Waals surface area contributed by atoms with Gasteiger partial charge in [0.1, 0.15) is 5.75 Å². The van der Waals surface area contributed by atoms with Crippen LogP contribution in [0, 0.1) is 0 Å². The van der Waals surface area contributed by atoms with Crippen molar-refractivity contribution >= 4 is 22.0 Å². The van der Waals surface area contributed by atoms with E-state index in [4.69, 9.17) is 8.92 Å². The van der Waals surface area contributed by atoms with Gasteiger partial charge in [0.25, 0.3) is 0 Å². The van der Waals surface area contributed by atoms with Gasteiger partial charge in [0, 0.05) is 19.0 Å². The van der Waals surface area contributed by atoms with Crippen LogP contribution >= 0.6 is 0 Å². The first kappa shape index (κ1) is 22.0. The second-order valence-electron chi connectivity index (χ2n) is 6.02. The van der Waals surface area contributed by atoms with Gasteiger partial charge < -0.3 is 13.8 Å². The molecule has 1 aromatic carbocycles. The molecule has 0 spiro atoms. The molecule has 0 N–H and O–H groups in total. The molecule has 0 radical (unpaired) electrons. The second kappa shape index (κ2) is 10.2. The number of nitrogens with zero attached hydrogens (tertiary/aromatic N) is 1. The highest BCUT2D eigenvalue weighted by Gasteiger charge is 2.20. The highest BCUT2D eigenvalue weighted by molar-refractivity contribution is 7.86. The average molecular weight is 385 g/mol. The molecule has 0 aliphatic rings. The Morgan fingerprint density at radius 2 is 1.73 bits per heavy atom. The standard InChI is InChI=1S/C18H27NO6S/c1-5-14(3)19(17(20)11-12-18(21)24-6-2)13-15-7-9-16(10-8-15)25-26(4,22)23/h7-10,14H,5-6,11-13H2,1-4H3/t14-/m0/s1. The Kier molecular flexibility index (Phi) is 8.57. The second-order valence-corrected chi connectivity index (χ2v) is 7.59. The summed E-state index contributed by atoms with van der Waals surface area (Å²) in [6.07, 6.45) is 1.91. The van der Waals surface area contributed by atoms with Crippen molar-refractivity contribution in [2.75, 3.05) is 12.9 Å². The number of ether oxygens (including phenoxy) is 1. The monoisotopic (exact) mass is 385 g/mol. The smallest absolute Gasteiger partial charge is 0.306 e. The molecule has 0 fully saturated rings. The summed E-state index contributed by atoms with van der Waals surface area (Å²) in [5.41, 5.74) is 0.843. The van der Waals surface area contributed by atoms with Crippen molar-refractivity contribution in [2.45, 2.75) is 52.6 Å². The molecular formula is C18H27NO6S. The van der Waals surface area contributed by atoms with Crippen molar-refractivity contribution in [3.05, 3.63) is 29.8 Å². The summed E-state index contributed by atoms with van der Waals surface area (Å²) in [7, 11) is -3.57. The van der Waals surface area contributed by atoms with E-state index in [0.717, 1.165) is 18.2 Å². The molecule has 1 aromatic rings. The molecule has 7 nitrogen and oxygen atoms in total. The Morgan fingerprint density at radius 3 is 2.23 bits per heavy atom. The molecule has 8 heteroatoms. The minimum absolute atomic E-state index is 0.0108. The maximum atomic E-state index is 12.5. The topological polar surface area (TPSA) is 90.0 Å². The lowest BCUT2D eigenvalue weighted by Crippen LogP contribution is -2.38. The van der Waals surface area contributed by atoms with Gasteiger partial charge in [-0.15, -0.1) is 0 Å². The maximum absolute atomic E-state index is 12.5. The minimum Gasteiger partial charge on any atom is -0.466 e. The van der Waals surface area contributed by atoms with E-state index in [9.17, 15) is 18.0 Å². The summed E-state index contributed by atoms with van der Waals surface area (Å²) < 4.78 is 31.9. The number of carbonyl (C=O) groups excluding carboxylic acids is 2. The fraction of sp³-hybridized carbons (Fsp3) is 0.556. The first-order valence-electron chi connectivity index (χ1n) is 8.59. The minimum atomic E-state index is -3.57. The van der Waals surface area contributed by atoms with E-state index in [0.29, 0.717) is 13.2 Å². The average Bonchev–Trinajstić information content (AvgIpc) is 2.57. The van der Waals surface area contributed by atoms with E-state index in [1.54, 1.807) is 36.1 Å². The molecule has 1 amide bonds. The lowest BCUT2D eigenvalue weighted by atomic mass is 10.1. The van der Waals surface area contributed by atoms with Crippen LogP contribution in [0.25, 0.3) is 0 Å². The van der Waals surface area contributed by atoms with Crippen molar-refractivity contribution in [3.63, 3.8) is 0 Å². The van der Waals surface area contributed by atoms with Crippen LogP contribution in [0.2, 0.25) is 0 Å². The molecule has 146 valence electrons. The van der Waals surface area contributed by atoms with Gasteiger partial charge in [0.15, 0.2) is 0 Å². The van der Waals surface area contributed by atoms with Crippen molar-refractivity contribution < 1.29 is 26.9 Å². The summed E-state index contributed by atoms with van der Waals surface area (Å²) >= 11 is 0. The number of esters is 1. The summed E-state index contributed by atoms with van der Waals surface area (Å²) in [5, 5.41) is 0. The number of hydrogen-bond acceptors (Lipinski definition) is 6. The van der Waals surface area contributed by atoms with Crippen LogP contribution in [-0.2, 0) is 31.0 Å². The van der Waals surface area contributed by atoms with Gasteiger partial charge in [-0.1, -0.05) is 19.1 Å². The predicted molar refractivity (Wildman–Crippen MR) is 98.1 cm³/mol. The predicted octanol–water partition coefficient (Wildman–Crippen LogP) is 2.50. The zero-order chi connectivity index (χ0) is 19.7. The molecule has 0 unspecified atom stereocenters. The largest absolute Gasteiger partial charge is 0.466 e. The number of amides is 1. The molecule has 26 heavy (non-hydrogen) atoms. The summed E-state index contributed by atoms with van der Waals surface area (Å²) in [6, 6.07) is 6.54. The van der Waals surface area contributed by atoms with E-state index in [1.165, 1.54) is 0 Å². The first-order chi connectivity index (χ1) is 12.2. The first-order valence-corrected chi connectivity index (χ1v) is 10.4. The van der Waals surface area contributed by atoms with Crippen LogP contribution in [0.5, 0.6) is 5.75 Å². The van der Waals surface area contributed by atoms with Crippen LogP contribution in [0.15, 0.2) is 24.3 Å². The highest BCUT2D eigenvalue weighted by atomic mass is 32.2. The van der Waals surface area contributed by atoms with Crippen LogP contribution in [0.3, 0.4) is 0 Å². The summed E-state index contributed by atoms with van der Waals surface area (Å²) in [5.74, 6) is -0.281. The molecule has 1 atom stereocenters. The van der Waals surface area contributed by atoms with Gasteiger partial charge in [0.05, 0.1) is 19.3 Å². The van der Waals surface area contributed by atoms with E-state index in [1.807, 2.05) is 13.8 Å². The van der Waals surface area contributed by atoms with Crippen LogP contribution in [0.1, 0.15) is 45.6 Å². The van der Waals surface area contributed by atoms with E-state index in [-0.39, 0.29) is 36.5 Å². The lowest BCUT2D eigenvalue weighted by molar-refractivity contribution is -0.146. The van der Waals surface area contributed by atoms with E-state index >= 15 is 0 Å². The summed E-state index contributed by atoms with van der Waals surface area (Å²) in [6.45, 7) is 6.32. The number of hydrogen-bond donors (Lipinski definition) is 0. The molecule has 0 heterocycles. The van der Waals surface area contributed by atoms with Gasteiger partial charge in [-0.25, -0.2) is 0 Å². The lowest BCUT2D eigenvalue weighted by Gasteiger charge is -2.29. The van der Waals surface area contributed by atoms with Crippen LogP contribution in [0.4, 0.5) is 0 Å². The Labute approximate surface area is 155 Å². The molecule has 1 rings (SSSR count). The molecule has 0 aromatic heterocycles. The van der Waals surface area contributed by atoms with Crippen LogP contribution < -0.4 is 4.18 Å². The van der Waals surface area contributed by atoms with Gasteiger partial charge in [-0.05, 0) is 38.0 Å². The number of carbonyl (C=O) groups is 2. The van der Waals surface area contributed by atoms with Crippen LogP contribution in [-0.4, -0.2) is 44.1 Å². The third-order valence-electron chi connectivity index (χ3n) is 3.82. The maximum Gasteiger partial charge on any atom is 0.306 e. The quantitative estimate of drug-likeness (QED) is 0.454. The highest BCUT2D eigenvalue weighted by Crippen LogP contribution is 2.18. The Hall–Kier alpha value is -2.09. The van der Waals surface area contributed by atoms with Gasteiger partial charge >= 0.3 is 16.1 Å². The fourth-order valence-corrected chi connectivity index (χ4v) is 2.78. The van der Waals surface area contributed by atoms with Crippen molar-refractivity contribution in [2.24, 2.45) is 0 Å². The van der Waals surface area contributed by atoms with Gasteiger partial charge in [-0.3, -0.25) is 9.59 Å². The van der Waals surface area contributed by atoms with Crippen molar-refractivity contribution in [1.29, 1.82) is 0 Å². The Balaban J connectivity index is 2.78. The molecule has 0 saturated heterocycles. The molecule has 0 bridgehead atoms. The molecule has 0 aliphatic heterocycles. The van der Waals surface area contributed by atoms with Crippen molar-refractivity contribution in [1.82, 2.24) is 4.90 Å². The zero-order valence-electron chi connectivity index (χ0n) is 15.7.